The van der Waals surface area contributed by atoms with Crippen LogP contribution in [-0.2, 0) is 4.84 Å². The zero-order valence-corrected chi connectivity index (χ0v) is 5.36. The average molecular weight is 152 g/mol. The largest absolute Gasteiger partial charge is 0.371 e. The first-order chi connectivity index (χ1) is 3.79. The normalized spacial score (nSPS) is 17.8. The molecule has 44 valence electrons. The Kier molecular flexibility index (Phi) is 1.65. The van der Waals surface area contributed by atoms with Crippen LogP contribution in [0.2, 0.25) is 0 Å². The zero-order valence-electron chi connectivity index (χ0n) is 3.84. The summed E-state index contributed by atoms with van der Waals surface area (Å²) in [5, 5.41) is 0.530. The zero-order chi connectivity index (χ0) is 5.98. The standard InChI is InChI=1S/C4H3Cl2NO/c5-4-1-2-7(6)8-3-4/h1-3H. The lowest BCUT2D eigenvalue weighted by molar-refractivity contribution is 0.0300. The minimum Gasteiger partial charge on any atom is -0.371 e. The van der Waals surface area contributed by atoms with Crippen molar-refractivity contribution in [2.75, 3.05) is 0 Å². The van der Waals surface area contributed by atoms with Crippen LogP contribution in [0.25, 0.3) is 0 Å². The number of hydrogen-bond acceptors (Lipinski definition) is 2. The van der Waals surface area contributed by atoms with Crippen LogP contribution in [0, 0.1) is 0 Å². The van der Waals surface area contributed by atoms with Gasteiger partial charge in [0.1, 0.15) is 6.26 Å². The average Bonchev–Trinajstić information content (AvgIpc) is 1.77. The third kappa shape index (κ3) is 1.32. The van der Waals surface area contributed by atoms with Gasteiger partial charge in [-0.25, -0.2) is 0 Å². The fourth-order valence-electron chi connectivity index (χ4n) is 0.305. The van der Waals surface area contributed by atoms with Crippen molar-refractivity contribution in [3.05, 3.63) is 23.6 Å². The van der Waals surface area contributed by atoms with Gasteiger partial charge in [0, 0.05) is 0 Å². The minimum atomic E-state index is 0.530. The van der Waals surface area contributed by atoms with Gasteiger partial charge in [-0.15, -0.1) is 4.58 Å². The molecule has 0 N–H and O–H groups in total. The van der Waals surface area contributed by atoms with E-state index in [0.29, 0.717) is 5.03 Å². The van der Waals surface area contributed by atoms with Gasteiger partial charge in [0.15, 0.2) is 0 Å². The molecule has 0 amide bonds. The highest BCUT2D eigenvalue weighted by Gasteiger charge is 1.97. The van der Waals surface area contributed by atoms with Gasteiger partial charge in [0.05, 0.1) is 23.0 Å². The molecule has 1 heterocycles. The van der Waals surface area contributed by atoms with Crippen molar-refractivity contribution in [3.8, 4) is 0 Å². The second kappa shape index (κ2) is 2.29. The smallest absolute Gasteiger partial charge is 0.139 e. The van der Waals surface area contributed by atoms with Crippen molar-refractivity contribution < 1.29 is 4.84 Å². The first kappa shape index (κ1) is 5.79. The van der Waals surface area contributed by atoms with Crippen molar-refractivity contribution >= 4 is 23.4 Å². The highest BCUT2D eigenvalue weighted by Crippen LogP contribution is 2.12. The van der Waals surface area contributed by atoms with Crippen LogP contribution in [0.5, 0.6) is 0 Å². The molecule has 1 aliphatic heterocycles. The van der Waals surface area contributed by atoms with Crippen LogP contribution in [0.15, 0.2) is 23.6 Å². The number of hydrogen-bond donors (Lipinski definition) is 0. The van der Waals surface area contributed by atoms with Crippen molar-refractivity contribution in [3.63, 3.8) is 0 Å². The first-order valence-electron chi connectivity index (χ1n) is 1.95. The molecule has 0 aromatic rings. The number of nitrogens with zero attached hydrogens (tertiary/aromatic N) is 1. The maximum absolute atomic E-state index is 5.45. The van der Waals surface area contributed by atoms with Crippen LogP contribution in [0.4, 0.5) is 0 Å². The van der Waals surface area contributed by atoms with Crippen LogP contribution in [0.3, 0.4) is 0 Å². The first-order valence-corrected chi connectivity index (χ1v) is 2.66. The summed E-state index contributed by atoms with van der Waals surface area (Å²) in [6, 6.07) is 0. The molecule has 0 fully saturated rings. The van der Waals surface area contributed by atoms with Crippen LogP contribution in [0.1, 0.15) is 0 Å². The van der Waals surface area contributed by atoms with E-state index in [1.165, 1.54) is 12.5 Å². The van der Waals surface area contributed by atoms with Crippen LogP contribution in [-0.4, -0.2) is 4.58 Å². The number of allylic oxidation sites excluding steroid dienone is 2. The molecule has 0 saturated carbocycles. The third-order valence-corrected chi connectivity index (χ3v) is 1.02. The van der Waals surface area contributed by atoms with Crippen molar-refractivity contribution in [2.24, 2.45) is 0 Å². The maximum Gasteiger partial charge on any atom is 0.139 e. The second-order valence-electron chi connectivity index (χ2n) is 1.20. The topological polar surface area (TPSA) is 12.5 Å². The Bertz CT molecular complexity index is 143. The van der Waals surface area contributed by atoms with Gasteiger partial charge >= 0.3 is 0 Å². The van der Waals surface area contributed by atoms with Crippen molar-refractivity contribution in [2.45, 2.75) is 0 Å². The molecule has 2 nitrogen and oxygen atoms in total. The monoisotopic (exact) mass is 151 g/mol. The van der Waals surface area contributed by atoms with Gasteiger partial charge in [0.25, 0.3) is 0 Å². The molecular formula is C4H3Cl2NO. The number of halogens is 2. The fraction of sp³-hybridized carbons (Fsp3) is 0. The third-order valence-electron chi connectivity index (χ3n) is 0.617. The Morgan fingerprint density at radius 2 is 2.38 bits per heavy atom. The minimum absolute atomic E-state index is 0.530. The SMILES string of the molecule is ClC1=CON(Cl)C=C1. The molecule has 1 aliphatic rings. The molecule has 1 rings (SSSR count). The number of hydroxylamine groups is 1. The Hall–Kier alpha value is -0.340. The van der Waals surface area contributed by atoms with E-state index >= 15 is 0 Å². The van der Waals surface area contributed by atoms with Crippen molar-refractivity contribution in [1.29, 1.82) is 0 Å². The van der Waals surface area contributed by atoms with Gasteiger partial charge in [0.2, 0.25) is 0 Å². The summed E-state index contributed by atoms with van der Waals surface area (Å²) >= 11 is 10.7. The summed E-state index contributed by atoms with van der Waals surface area (Å²) in [5.41, 5.74) is 0. The van der Waals surface area contributed by atoms with E-state index in [4.69, 9.17) is 23.4 Å². The Labute approximate surface area is 57.0 Å². The van der Waals surface area contributed by atoms with E-state index < -0.39 is 0 Å². The van der Waals surface area contributed by atoms with Gasteiger partial charge in [-0.1, -0.05) is 11.6 Å². The lowest BCUT2D eigenvalue weighted by Gasteiger charge is -2.10. The molecule has 0 bridgehead atoms. The van der Waals surface area contributed by atoms with Crippen molar-refractivity contribution in [1.82, 2.24) is 4.58 Å². The molecular weight excluding hydrogens is 149 g/mol. The lowest BCUT2D eigenvalue weighted by atomic mass is 10.6. The number of rotatable bonds is 0. The highest BCUT2D eigenvalue weighted by molar-refractivity contribution is 6.31. The summed E-state index contributed by atoms with van der Waals surface area (Å²) in [6.07, 6.45) is 4.47. The summed E-state index contributed by atoms with van der Waals surface area (Å²) in [7, 11) is 0. The van der Waals surface area contributed by atoms with Gasteiger partial charge < -0.3 is 4.84 Å². The summed E-state index contributed by atoms with van der Waals surface area (Å²) < 4.78 is 1.03. The van der Waals surface area contributed by atoms with Gasteiger partial charge in [-0.2, -0.15) is 0 Å². The molecule has 4 heteroatoms. The quantitative estimate of drug-likeness (QED) is 0.492. The summed E-state index contributed by atoms with van der Waals surface area (Å²) in [6.45, 7) is 0. The van der Waals surface area contributed by atoms with Crippen LogP contribution < -0.4 is 0 Å². The lowest BCUT2D eigenvalue weighted by Crippen LogP contribution is -2.02. The van der Waals surface area contributed by atoms with E-state index in [1.807, 2.05) is 0 Å². The molecule has 0 atom stereocenters. The maximum atomic E-state index is 5.45. The molecule has 0 radical (unpaired) electrons. The molecule has 8 heavy (non-hydrogen) atoms. The van der Waals surface area contributed by atoms with Crippen LogP contribution >= 0.6 is 23.4 Å². The summed E-state index contributed by atoms with van der Waals surface area (Å²) in [4.78, 5) is 4.61. The summed E-state index contributed by atoms with van der Waals surface area (Å²) in [5.74, 6) is 0. The van der Waals surface area contributed by atoms with E-state index in [9.17, 15) is 0 Å². The van der Waals surface area contributed by atoms with Gasteiger partial charge in [-0.05, 0) is 6.08 Å². The molecule has 0 aromatic heterocycles. The predicted molar refractivity (Wildman–Crippen MR) is 31.9 cm³/mol. The second-order valence-corrected chi connectivity index (χ2v) is 1.97. The van der Waals surface area contributed by atoms with E-state index in [2.05, 4.69) is 4.84 Å². The molecule has 0 aromatic carbocycles. The highest BCUT2D eigenvalue weighted by atomic mass is 35.5. The molecule has 0 aliphatic carbocycles. The molecule has 0 unspecified atom stereocenters. The fourth-order valence-corrected chi connectivity index (χ4v) is 0.497. The van der Waals surface area contributed by atoms with E-state index in [-0.39, 0.29) is 0 Å². The van der Waals surface area contributed by atoms with Gasteiger partial charge in [-0.3, -0.25) is 0 Å². The Balaban J connectivity index is 2.58. The molecule has 0 spiro atoms. The van der Waals surface area contributed by atoms with E-state index in [1.54, 1.807) is 6.08 Å². The predicted octanol–water partition coefficient (Wildman–Crippen LogP) is 1.98. The Morgan fingerprint density at radius 1 is 1.62 bits per heavy atom. The molecule has 0 saturated heterocycles. The Morgan fingerprint density at radius 3 is 2.75 bits per heavy atom. The van der Waals surface area contributed by atoms with E-state index in [0.717, 1.165) is 4.58 Å².